The highest BCUT2D eigenvalue weighted by Crippen LogP contribution is 2.24. The maximum Gasteiger partial charge on any atom is 0.315 e. The first-order valence-electron chi connectivity index (χ1n) is 8.23. The smallest absolute Gasteiger partial charge is 0.315 e. The highest BCUT2D eigenvalue weighted by Gasteiger charge is 2.26. The summed E-state index contributed by atoms with van der Waals surface area (Å²) in [5.41, 5.74) is 1.71. The van der Waals surface area contributed by atoms with Crippen molar-refractivity contribution in [2.45, 2.75) is 38.3 Å². The number of urea groups is 1. The summed E-state index contributed by atoms with van der Waals surface area (Å²) in [6.07, 6.45) is 2.65. The largest absolute Gasteiger partial charge is 0.481 e. The molecule has 0 saturated heterocycles. The SMILES string of the molecule is O=C(NCc1ccc2ccccc2n1)NC1CCC(C(=O)O)CC1. The first-order valence-corrected chi connectivity index (χ1v) is 8.23. The summed E-state index contributed by atoms with van der Waals surface area (Å²) >= 11 is 0. The molecule has 1 aromatic carbocycles. The lowest BCUT2D eigenvalue weighted by Crippen LogP contribution is -2.44. The summed E-state index contributed by atoms with van der Waals surface area (Å²) in [5, 5.41) is 15.8. The molecule has 0 atom stereocenters. The second kappa shape index (κ2) is 7.29. The van der Waals surface area contributed by atoms with Crippen LogP contribution in [0, 0.1) is 5.92 Å². The fraction of sp³-hybridized carbons (Fsp3) is 0.389. The van der Waals surface area contributed by atoms with Crippen molar-refractivity contribution in [2.75, 3.05) is 0 Å². The van der Waals surface area contributed by atoms with Crippen LogP contribution >= 0.6 is 0 Å². The van der Waals surface area contributed by atoms with Gasteiger partial charge in [-0.2, -0.15) is 0 Å². The van der Waals surface area contributed by atoms with E-state index in [0.29, 0.717) is 32.2 Å². The van der Waals surface area contributed by atoms with Gasteiger partial charge < -0.3 is 15.7 Å². The molecule has 3 rings (SSSR count). The molecule has 0 aliphatic heterocycles. The number of hydrogen-bond donors (Lipinski definition) is 3. The van der Waals surface area contributed by atoms with E-state index in [9.17, 15) is 9.59 Å². The number of carbonyl (C=O) groups excluding carboxylic acids is 1. The Balaban J connectivity index is 1.47. The summed E-state index contributed by atoms with van der Waals surface area (Å²) in [5.74, 6) is -1.01. The normalized spacial score (nSPS) is 20.5. The lowest BCUT2D eigenvalue weighted by molar-refractivity contribution is -0.142. The number of aliphatic carboxylic acids is 1. The van der Waals surface area contributed by atoms with Gasteiger partial charge in [0.1, 0.15) is 0 Å². The summed E-state index contributed by atoms with van der Waals surface area (Å²) < 4.78 is 0. The number of nitrogens with one attached hydrogen (secondary N) is 2. The van der Waals surface area contributed by atoms with Gasteiger partial charge in [0.05, 0.1) is 23.7 Å². The average molecular weight is 327 g/mol. The van der Waals surface area contributed by atoms with Crippen molar-refractivity contribution in [3.63, 3.8) is 0 Å². The van der Waals surface area contributed by atoms with Crippen molar-refractivity contribution >= 4 is 22.9 Å². The quantitative estimate of drug-likeness (QED) is 0.805. The highest BCUT2D eigenvalue weighted by molar-refractivity contribution is 5.78. The van der Waals surface area contributed by atoms with Crippen LogP contribution in [0.3, 0.4) is 0 Å². The lowest BCUT2D eigenvalue weighted by atomic mass is 9.86. The summed E-state index contributed by atoms with van der Waals surface area (Å²) in [7, 11) is 0. The fourth-order valence-electron chi connectivity index (χ4n) is 3.10. The number of carboxylic acids is 1. The molecule has 1 fully saturated rings. The molecule has 126 valence electrons. The zero-order chi connectivity index (χ0) is 16.9. The average Bonchev–Trinajstić information content (AvgIpc) is 2.60. The van der Waals surface area contributed by atoms with Crippen LogP contribution in [0.15, 0.2) is 36.4 Å². The molecule has 24 heavy (non-hydrogen) atoms. The van der Waals surface area contributed by atoms with Gasteiger partial charge in [-0.15, -0.1) is 0 Å². The molecule has 0 spiro atoms. The van der Waals surface area contributed by atoms with Crippen molar-refractivity contribution in [1.29, 1.82) is 0 Å². The Bertz CT molecular complexity index is 739. The minimum atomic E-state index is -0.736. The van der Waals surface area contributed by atoms with E-state index in [4.69, 9.17) is 5.11 Å². The van der Waals surface area contributed by atoms with Crippen LogP contribution in [0.25, 0.3) is 10.9 Å². The number of para-hydroxylation sites is 1. The number of aromatic nitrogens is 1. The van der Waals surface area contributed by atoms with E-state index in [1.54, 1.807) is 0 Å². The predicted molar refractivity (Wildman–Crippen MR) is 90.5 cm³/mol. The highest BCUT2D eigenvalue weighted by atomic mass is 16.4. The molecular formula is C18H21N3O3. The summed E-state index contributed by atoms with van der Waals surface area (Å²) in [4.78, 5) is 27.4. The van der Waals surface area contributed by atoms with Crippen molar-refractivity contribution in [2.24, 2.45) is 5.92 Å². The number of benzene rings is 1. The Morgan fingerprint density at radius 2 is 1.83 bits per heavy atom. The van der Waals surface area contributed by atoms with Gasteiger partial charge in [0.2, 0.25) is 0 Å². The van der Waals surface area contributed by atoms with Gasteiger partial charge in [-0.1, -0.05) is 24.3 Å². The molecule has 1 aliphatic carbocycles. The van der Waals surface area contributed by atoms with E-state index < -0.39 is 5.97 Å². The number of nitrogens with zero attached hydrogens (tertiary/aromatic N) is 1. The Kier molecular flexibility index (Phi) is 4.93. The molecule has 0 bridgehead atoms. The first kappa shape index (κ1) is 16.2. The van der Waals surface area contributed by atoms with Gasteiger partial charge in [0, 0.05) is 11.4 Å². The fourth-order valence-corrected chi connectivity index (χ4v) is 3.10. The van der Waals surface area contributed by atoms with Crippen molar-refractivity contribution in [3.05, 3.63) is 42.1 Å². The molecule has 0 radical (unpaired) electrons. The van der Waals surface area contributed by atoms with Crippen LogP contribution in [-0.2, 0) is 11.3 Å². The standard InChI is InChI=1S/C18H21N3O3/c22-17(23)13-6-8-14(9-7-13)21-18(24)19-11-15-10-5-12-3-1-2-4-16(12)20-15/h1-5,10,13-14H,6-9,11H2,(H,22,23)(H2,19,21,24). The minimum Gasteiger partial charge on any atom is -0.481 e. The van der Waals surface area contributed by atoms with Gasteiger partial charge in [-0.25, -0.2) is 4.79 Å². The zero-order valence-corrected chi connectivity index (χ0v) is 13.4. The van der Waals surface area contributed by atoms with Crippen molar-refractivity contribution < 1.29 is 14.7 Å². The number of fused-ring (bicyclic) bond motifs is 1. The molecule has 3 N–H and O–H groups in total. The van der Waals surface area contributed by atoms with Crippen LogP contribution < -0.4 is 10.6 Å². The van der Waals surface area contributed by atoms with Crippen LogP contribution in [0.4, 0.5) is 4.79 Å². The topological polar surface area (TPSA) is 91.3 Å². The molecule has 2 aromatic rings. The van der Waals surface area contributed by atoms with Gasteiger partial charge >= 0.3 is 12.0 Å². The molecule has 1 aliphatic rings. The molecule has 1 heterocycles. The molecule has 2 amide bonds. The Morgan fingerprint density at radius 1 is 1.08 bits per heavy atom. The van der Waals surface area contributed by atoms with Crippen molar-refractivity contribution in [1.82, 2.24) is 15.6 Å². The maximum atomic E-state index is 12.0. The predicted octanol–water partition coefficient (Wildman–Crippen LogP) is 2.68. The molecule has 1 aromatic heterocycles. The number of pyridine rings is 1. The molecule has 6 nitrogen and oxygen atoms in total. The van der Waals surface area contributed by atoms with E-state index in [0.717, 1.165) is 16.6 Å². The van der Waals surface area contributed by atoms with Crippen LogP contribution in [0.1, 0.15) is 31.4 Å². The second-order valence-corrected chi connectivity index (χ2v) is 6.21. The third-order valence-corrected chi connectivity index (χ3v) is 4.50. The van der Waals surface area contributed by atoms with Gasteiger partial charge in [0.25, 0.3) is 0 Å². The van der Waals surface area contributed by atoms with Crippen molar-refractivity contribution in [3.8, 4) is 0 Å². The third kappa shape index (κ3) is 4.01. The number of carboxylic acid groups (broad SMARTS) is 1. The van der Waals surface area contributed by atoms with Gasteiger partial charge in [-0.05, 0) is 37.8 Å². The van der Waals surface area contributed by atoms with E-state index in [-0.39, 0.29) is 18.0 Å². The molecule has 1 saturated carbocycles. The summed E-state index contributed by atoms with van der Waals surface area (Å²) in [6.45, 7) is 0.362. The Morgan fingerprint density at radius 3 is 2.58 bits per heavy atom. The number of rotatable bonds is 4. The zero-order valence-electron chi connectivity index (χ0n) is 13.4. The van der Waals surface area contributed by atoms with Crippen LogP contribution in [0.2, 0.25) is 0 Å². The minimum absolute atomic E-state index is 0.0464. The van der Waals surface area contributed by atoms with Crippen LogP contribution in [0.5, 0.6) is 0 Å². The maximum absolute atomic E-state index is 12.0. The van der Waals surface area contributed by atoms with E-state index in [1.165, 1.54) is 0 Å². The van der Waals surface area contributed by atoms with E-state index in [1.807, 2.05) is 36.4 Å². The first-order chi connectivity index (χ1) is 11.6. The number of amides is 2. The monoisotopic (exact) mass is 327 g/mol. The van der Waals surface area contributed by atoms with Gasteiger partial charge in [0.15, 0.2) is 0 Å². The summed E-state index contributed by atoms with van der Waals surface area (Å²) in [6, 6.07) is 11.6. The third-order valence-electron chi connectivity index (χ3n) is 4.50. The molecule has 0 unspecified atom stereocenters. The molecule has 6 heteroatoms. The Labute approximate surface area is 140 Å². The van der Waals surface area contributed by atoms with Gasteiger partial charge in [-0.3, -0.25) is 9.78 Å². The molecular weight excluding hydrogens is 306 g/mol. The Hall–Kier alpha value is -2.63. The van der Waals surface area contributed by atoms with Crippen LogP contribution in [-0.4, -0.2) is 28.1 Å². The number of hydrogen-bond acceptors (Lipinski definition) is 3. The van der Waals surface area contributed by atoms with E-state index >= 15 is 0 Å². The number of carbonyl (C=O) groups is 2. The lowest BCUT2D eigenvalue weighted by Gasteiger charge is -2.26. The van der Waals surface area contributed by atoms with E-state index in [2.05, 4.69) is 15.6 Å². The second-order valence-electron chi connectivity index (χ2n) is 6.21.